The van der Waals surface area contributed by atoms with Crippen LogP contribution in [0.1, 0.15) is 39.9 Å². The van der Waals surface area contributed by atoms with Crippen LogP contribution in [0.15, 0.2) is 47.5 Å². The van der Waals surface area contributed by atoms with E-state index in [0.29, 0.717) is 11.1 Å². The Morgan fingerprint density at radius 3 is 2.51 bits per heavy atom. The molecule has 2 aliphatic heterocycles. The van der Waals surface area contributed by atoms with Crippen LogP contribution >= 0.6 is 0 Å². The number of hydrogen-bond donors (Lipinski definition) is 2. The van der Waals surface area contributed by atoms with Crippen LogP contribution in [0.25, 0.3) is 0 Å². The van der Waals surface area contributed by atoms with Gasteiger partial charge in [0.2, 0.25) is 10.0 Å². The molecule has 0 aromatic heterocycles. The number of ether oxygens (including phenoxy) is 1. The molecule has 2 heterocycles. The summed E-state index contributed by atoms with van der Waals surface area (Å²) < 4.78 is 68.8. The predicted molar refractivity (Wildman–Crippen MR) is 127 cm³/mol. The molecule has 1 amide bonds. The first-order valence-electron chi connectivity index (χ1n) is 11.4. The molecule has 198 valence electrons. The van der Waals surface area contributed by atoms with E-state index in [-0.39, 0.29) is 55.1 Å². The van der Waals surface area contributed by atoms with Gasteiger partial charge in [0.25, 0.3) is 5.91 Å². The van der Waals surface area contributed by atoms with Gasteiger partial charge in [0.1, 0.15) is 17.1 Å². The van der Waals surface area contributed by atoms with Crippen LogP contribution in [0.5, 0.6) is 5.75 Å². The summed E-state index contributed by atoms with van der Waals surface area (Å²) in [5, 5.41) is 11.9. The first-order chi connectivity index (χ1) is 17.3. The highest BCUT2D eigenvalue weighted by Crippen LogP contribution is 2.33. The Morgan fingerprint density at radius 1 is 1.19 bits per heavy atom. The Balaban J connectivity index is 1.43. The van der Waals surface area contributed by atoms with Crippen molar-refractivity contribution >= 4 is 27.7 Å². The van der Waals surface area contributed by atoms with E-state index in [1.807, 2.05) is 0 Å². The summed E-state index contributed by atoms with van der Waals surface area (Å²) in [6.07, 6.45) is -4.52. The average Bonchev–Trinajstić information content (AvgIpc) is 3.13. The van der Waals surface area contributed by atoms with Gasteiger partial charge in [-0.3, -0.25) is 9.79 Å². The van der Waals surface area contributed by atoms with Crippen LogP contribution in [0, 0.1) is 6.92 Å². The number of aryl methyl sites for hydroxylation is 1. The monoisotopic (exact) mass is 539 g/mol. The summed E-state index contributed by atoms with van der Waals surface area (Å²) in [4.78, 5) is 28.6. The maximum absolute atomic E-state index is 13.0. The van der Waals surface area contributed by atoms with Gasteiger partial charge < -0.3 is 15.2 Å². The molecule has 0 saturated carbocycles. The molecule has 13 heteroatoms. The van der Waals surface area contributed by atoms with Gasteiger partial charge in [0, 0.05) is 18.7 Å². The third-order valence-corrected chi connectivity index (χ3v) is 8.44. The lowest BCUT2D eigenvalue weighted by Crippen LogP contribution is -2.50. The van der Waals surface area contributed by atoms with Crippen LogP contribution in [-0.2, 0) is 21.2 Å². The molecule has 9 nitrogen and oxygen atoms in total. The number of nitrogens with zero attached hydrogens (tertiary/aromatic N) is 2. The summed E-state index contributed by atoms with van der Waals surface area (Å²) >= 11 is 0. The number of amides is 1. The average molecular weight is 540 g/mol. The number of halogens is 3. The summed E-state index contributed by atoms with van der Waals surface area (Å²) in [6, 6.07) is 9.81. The van der Waals surface area contributed by atoms with Gasteiger partial charge in [-0.1, -0.05) is 24.3 Å². The first kappa shape index (κ1) is 26.6. The normalized spacial score (nSPS) is 17.9. The van der Waals surface area contributed by atoms with Gasteiger partial charge in [0.15, 0.2) is 0 Å². The molecule has 0 unspecified atom stereocenters. The molecular weight excluding hydrogens is 515 g/mol. The molecule has 1 saturated heterocycles. The number of carboxylic acid groups (broad SMARTS) is 1. The molecule has 0 atom stereocenters. The molecule has 0 aliphatic carbocycles. The second kappa shape index (κ2) is 9.78. The number of sulfonamides is 1. The Bertz CT molecular complexity index is 1370. The number of benzene rings is 2. The fourth-order valence-corrected chi connectivity index (χ4v) is 6.00. The minimum absolute atomic E-state index is 0.0396. The van der Waals surface area contributed by atoms with E-state index in [9.17, 15) is 36.3 Å². The minimum Gasteiger partial charge on any atom is -0.478 e. The summed E-state index contributed by atoms with van der Waals surface area (Å²) in [7, 11) is -3.70. The number of piperidine rings is 1. The molecule has 2 aromatic carbocycles. The van der Waals surface area contributed by atoms with Gasteiger partial charge in [-0.2, -0.15) is 0 Å². The number of hydrogen-bond acceptors (Lipinski definition) is 6. The maximum atomic E-state index is 13.0. The number of nitrogens with one attached hydrogen (secondary N) is 1. The van der Waals surface area contributed by atoms with Crippen molar-refractivity contribution in [2.24, 2.45) is 4.99 Å². The highest BCUT2D eigenvalue weighted by atomic mass is 32.2. The molecule has 37 heavy (non-hydrogen) atoms. The van der Waals surface area contributed by atoms with E-state index in [2.05, 4.69) is 15.0 Å². The van der Waals surface area contributed by atoms with Crippen molar-refractivity contribution in [3.8, 4) is 5.75 Å². The Morgan fingerprint density at radius 2 is 1.86 bits per heavy atom. The van der Waals surface area contributed by atoms with Crippen LogP contribution < -0.4 is 10.1 Å². The number of alkyl halides is 3. The Kier molecular flexibility index (Phi) is 7.04. The van der Waals surface area contributed by atoms with Crippen molar-refractivity contribution in [2.45, 2.75) is 38.1 Å². The van der Waals surface area contributed by atoms with Crippen molar-refractivity contribution < 1.29 is 41.0 Å². The van der Waals surface area contributed by atoms with Crippen molar-refractivity contribution in [3.05, 3.63) is 64.7 Å². The maximum Gasteiger partial charge on any atom is 0.573 e. The smallest absolute Gasteiger partial charge is 0.478 e. The zero-order chi connectivity index (χ0) is 27.0. The molecule has 2 N–H and O–H groups in total. The lowest BCUT2D eigenvalue weighted by Gasteiger charge is -2.34. The fraction of sp³-hybridized carbons (Fsp3) is 0.375. The standard InChI is InChI=1S/C24H24F3N3O6S/c1-15-16(4-3-7-19(15)21(31)32)8-13-37(34,35)30-11-9-23(10-12-30)22(33)28-20(29-23)17-5-2-6-18(14-17)36-24(25,26)27/h2-7,14H,8-13H2,1H3,(H,31,32)(H,28,29,33). The fourth-order valence-electron chi connectivity index (χ4n) is 4.52. The highest BCUT2D eigenvalue weighted by Gasteiger charge is 2.47. The van der Waals surface area contributed by atoms with Gasteiger partial charge in [-0.25, -0.2) is 17.5 Å². The number of carbonyl (C=O) groups excluding carboxylic acids is 1. The van der Waals surface area contributed by atoms with Crippen LogP contribution in [0.3, 0.4) is 0 Å². The molecule has 1 spiro atoms. The quantitative estimate of drug-likeness (QED) is 0.558. The first-order valence-corrected chi connectivity index (χ1v) is 13.0. The third kappa shape index (κ3) is 5.77. The molecule has 2 aliphatic rings. The number of aliphatic imine (C=N–C) groups is 1. The second-order valence-corrected chi connectivity index (χ2v) is 11.0. The van der Waals surface area contributed by atoms with Gasteiger partial charge >= 0.3 is 12.3 Å². The summed E-state index contributed by atoms with van der Waals surface area (Å²) in [6.45, 7) is 1.71. The Hall–Kier alpha value is -3.45. The molecule has 0 radical (unpaired) electrons. The van der Waals surface area contributed by atoms with Crippen LogP contribution in [0.4, 0.5) is 13.2 Å². The topological polar surface area (TPSA) is 125 Å². The van der Waals surface area contributed by atoms with Gasteiger partial charge in [0.05, 0.1) is 11.3 Å². The number of rotatable bonds is 7. The third-order valence-electron chi connectivity index (χ3n) is 6.57. The van der Waals surface area contributed by atoms with E-state index < -0.39 is 39.6 Å². The van der Waals surface area contributed by atoms with E-state index in [1.54, 1.807) is 19.1 Å². The van der Waals surface area contributed by atoms with E-state index in [4.69, 9.17) is 0 Å². The number of carboxylic acids is 1. The van der Waals surface area contributed by atoms with Gasteiger partial charge in [-0.05, 0) is 55.5 Å². The van der Waals surface area contributed by atoms with Crippen LogP contribution in [0.2, 0.25) is 0 Å². The summed E-state index contributed by atoms with van der Waals surface area (Å²) in [5.74, 6) is -2.10. The van der Waals surface area contributed by atoms with Gasteiger partial charge in [-0.15, -0.1) is 13.2 Å². The summed E-state index contributed by atoms with van der Waals surface area (Å²) in [5.41, 5.74) is 0.275. The van der Waals surface area contributed by atoms with E-state index in [0.717, 1.165) is 12.1 Å². The lowest BCUT2D eigenvalue weighted by molar-refractivity contribution is -0.274. The van der Waals surface area contributed by atoms with Crippen molar-refractivity contribution in [3.63, 3.8) is 0 Å². The number of aromatic carboxylic acids is 1. The number of amidine groups is 1. The van der Waals surface area contributed by atoms with Crippen molar-refractivity contribution in [1.29, 1.82) is 0 Å². The van der Waals surface area contributed by atoms with Crippen molar-refractivity contribution in [1.82, 2.24) is 9.62 Å². The number of carbonyl (C=O) groups is 2. The SMILES string of the molecule is Cc1c(CCS(=O)(=O)N2CCC3(CC2)N=C(c2cccc(OC(F)(F)F)c2)NC3=O)cccc1C(=O)O. The molecule has 1 fully saturated rings. The lowest BCUT2D eigenvalue weighted by atomic mass is 9.89. The zero-order valence-corrected chi connectivity index (χ0v) is 20.5. The largest absolute Gasteiger partial charge is 0.573 e. The Labute approximate surface area is 211 Å². The zero-order valence-electron chi connectivity index (χ0n) is 19.7. The van der Waals surface area contributed by atoms with Crippen molar-refractivity contribution in [2.75, 3.05) is 18.8 Å². The molecule has 0 bridgehead atoms. The van der Waals surface area contributed by atoms with Crippen LogP contribution in [-0.4, -0.2) is 66.3 Å². The second-order valence-electron chi connectivity index (χ2n) is 8.88. The van der Waals surface area contributed by atoms with E-state index >= 15 is 0 Å². The minimum atomic E-state index is -4.86. The molecule has 2 aromatic rings. The highest BCUT2D eigenvalue weighted by molar-refractivity contribution is 7.89. The predicted octanol–water partition coefficient (Wildman–Crippen LogP) is 2.88. The van der Waals surface area contributed by atoms with E-state index in [1.165, 1.54) is 22.5 Å². The molecule has 4 rings (SSSR count). The molecular formula is C24H24F3N3O6S.